The lowest BCUT2D eigenvalue weighted by molar-refractivity contribution is 0.0726. The third-order valence-corrected chi connectivity index (χ3v) is 8.22. The number of amides is 1. The van der Waals surface area contributed by atoms with Crippen molar-refractivity contribution in [3.63, 3.8) is 0 Å². The number of likely N-dealkylation sites (tertiary alicyclic amines) is 1. The zero-order chi connectivity index (χ0) is 22.4. The quantitative estimate of drug-likeness (QED) is 0.305. The van der Waals surface area contributed by atoms with Gasteiger partial charge in [-0.25, -0.2) is 9.97 Å². The maximum absolute atomic E-state index is 13.7. The Hall–Kier alpha value is -2.06. The molecule has 2 aromatic heterocycles. The number of nitrogens with one attached hydrogen (secondary N) is 1. The first-order chi connectivity index (χ1) is 15.5. The van der Waals surface area contributed by atoms with Crippen LogP contribution in [0.3, 0.4) is 0 Å². The number of nitrogens with zero attached hydrogens (tertiary/aromatic N) is 3. The molecule has 1 aliphatic heterocycles. The molecular weight excluding hydrogens is 483 g/mol. The highest BCUT2D eigenvalue weighted by molar-refractivity contribution is 7.98. The molecule has 0 aliphatic carbocycles. The lowest BCUT2D eigenvalue weighted by Crippen LogP contribution is -2.31. The highest BCUT2D eigenvalue weighted by Gasteiger charge is 2.35. The van der Waals surface area contributed by atoms with Crippen LogP contribution >= 0.6 is 46.3 Å². The van der Waals surface area contributed by atoms with E-state index in [1.54, 1.807) is 17.8 Å². The molecular formula is C23H20Cl2N4OS2. The van der Waals surface area contributed by atoms with Crippen molar-refractivity contribution in [1.82, 2.24) is 19.9 Å². The number of hydrogen-bond acceptors (Lipinski definition) is 5. The molecule has 32 heavy (non-hydrogen) atoms. The molecule has 0 radical (unpaired) electrons. The lowest BCUT2D eigenvalue weighted by atomic mass is 10.1. The number of aromatic amines is 1. The average molecular weight is 503 g/mol. The minimum atomic E-state index is -0.114. The number of H-pyrrole nitrogens is 1. The molecule has 4 aromatic rings. The van der Waals surface area contributed by atoms with E-state index in [1.807, 2.05) is 30.0 Å². The number of thiazole rings is 1. The summed E-state index contributed by atoms with van der Waals surface area (Å²) in [4.78, 5) is 30.3. The van der Waals surface area contributed by atoms with E-state index in [2.05, 4.69) is 28.4 Å². The Balaban J connectivity index is 1.52. The molecule has 0 spiro atoms. The fourth-order valence-corrected chi connectivity index (χ4v) is 5.99. The molecule has 0 bridgehead atoms. The highest BCUT2D eigenvalue weighted by atomic mass is 35.5. The van der Waals surface area contributed by atoms with Gasteiger partial charge in [-0.15, -0.1) is 23.1 Å². The number of hydrogen-bond donors (Lipinski definition) is 1. The van der Waals surface area contributed by atoms with Crippen LogP contribution in [0.1, 0.15) is 40.2 Å². The number of thioether (sulfide) groups is 1. The third-order valence-electron chi connectivity index (χ3n) is 5.67. The number of aromatic nitrogens is 3. The number of carbonyl (C=O) groups excluding carboxylic acids is 1. The summed E-state index contributed by atoms with van der Waals surface area (Å²) < 4.78 is 0. The fourth-order valence-electron chi connectivity index (χ4n) is 4.16. The summed E-state index contributed by atoms with van der Waals surface area (Å²) in [6.07, 6.45) is 3.83. The van der Waals surface area contributed by atoms with Gasteiger partial charge in [0, 0.05) is 17.0 Å². The van der Waals surface area contributed by atoms with Crippen LogP contribution in [0.15, 0.2) is 41.3 Å². The molecule has 1 aliphatic rings. The average Bonchev–Trinajstić information content (AvgIpc) is 3.52. The number of benzene rings is 2. The Labute approximate surface area is 204 Å². The van der Waals surface area contributed by atoms with Gasteiger partial charge in [-0.05, 0) is 50.3 Å². The van der Waals surface area contributed by atoms with Crippen LogP contribution in [-0.4, -0.2) is 38.6 Å². The van der Waals surface area contributed by atoms with Crippen molar-refractivity contribution in [2.24, 2.45) is 0 Å². The van der Waals surface area contributed by atoms with Gasteiger partial charge in [-0.2, -0.15) is 0 Å². The predicted octanol–water partition coefficient (Wildman–Crippen LogP) is 7.00. The second-order valence-corrected chi connectivity index (χ2v) is 10.5. The Kier molecular flexibility index (Phi) is 5.92. The number of rotatable bonds is 4. The van der Waals surface area contributed by atoms with E-state index in [0.29, 0.717) is 22.3 Å². The van der Waals surface area contributed by atoms with Crippen LogP contribution in [0, 0.1) is 6.92 Å². The molecule has 1 amide bonds. The van der Waals surface area contributed by atoms with E-state index < -0.39 is 0 Å². The van der Waals surface area contributed by atoms with E-state index in [-0.39, 0.29) is 11.9 Å². The Bertz CT molecular complexity index is 1330. The second kappa shape index (κ2) is 8.71. The summed E-state index contributed by atoms with van der Waals surface area (Å²) in [6, 6.07) is 11.5. The Morgan fingerprint density at radius 1 is 1.25 bits per heavy atom. The molecule has 164 valence electrons. The van der Waals surface area contributed by atoms with Crippen LogP contribution in [0.4, 0.5) is 0 Å². The monoisotopic (exact) mass is 502 g/mol. The molecule has 3 heterocycles. The van der Waals surface area contributed by atoms with Gasteiger partial charge < -0.3 is 9.88 Å². The normalized spacial score (nSPS) is 16.2. The van der Waals surface area contributed by atoms with Gasteiger partial charge in [0.05, 0.1) is 37.0 Å². The van der Waals surface area contributed by atoms with E-state index >= 15 is 0 Å². The number of imidazole rings is 1. The molecule has 5 rings (SSSR count). The van der Waals surface area contributed by atoms with Gasteiger partial charge in [0.1, 0.15) is 11.5 Å². The van der Waals surface area contributed by atoms with Crippen molar-refractivity contribution >= 4 is 63.2 Å². The molecule has 1 fully saturated rings. The van der Waals surface area contributed by atoms with Crippen LogP contribution in [-0.2, 0) is 0 Å². The zero-order valence-corrected chi connectivity index (χ0v) is 20.6. The van der Waals surface area contributed by atoms with Crippen LogP contribution < -0.4 is 0 Å². The van der Waals surface area contributed by atoms with Gasteiger partial charge in [0.25, 0.3) is 5.91 Å². The third kappa shape index (κ3) is 3.81. The van der Waals surface area contributed by atoms with E-state index in [1.165, 1.54) is 16.2 Å². The first-order valence-electron chi connectivity index (χ1n) is 10.2. The number of fused-ring (bicyclic) bond motifs is 1. The van der Waals surface area contributed by atoms with Gasteiger partial charge in [0.2, 0.25) is 0 Å². The molecule has 1 atom stereocenters. The summed E-state index contributed by atoms with van der Waals surface area (Å²) in [5.41, 5.74) is 3.05. The highest BCUT2D eigenvalue weighted by Crippen LogP contribution is 2.40. The van der Waals surface area contributed by atoms with Gasteiger partial charge in [0.15, 0.2) is 0 Å². The van der Waals surface area contributed by atoms with E-state index in [9.17, 15) is 4.79 Å². The standard InChI is InChI=1S/C23H20Cl2N4OS2/c1-12-26-20(21(32-12)14-5-3-6-15(24)19(14)25)23(30)29-10-4-7-18(29)22-27-16-9-8-13(31-2)11-17(16)28-22/h3,5-6,8-9,11,18H,4,7,10H2,1-2H3,(H,27,28). The Morgan fingerprint density at radius 3 is 2.91 bits per heavy atom. The number of aryl methyl sites for hydroxylation is 1. The fraction of sp³-hybridized carbons (Fsp3) is 0.261. The maximum Gasteiger partial charge on any atom is 0.274 e. The summed E-state index contributed by atoms with van der Waals surface area (Å²) in [6.45, 7) is 2.56. The second-order valence-electron chi connectivity index (χ2n) is 7.67. The van der Waals surface area contributed by atoms with Crippen molar-refractivity contribution in [3.8, 4) is 10.4 Å². The van der Waals surface area contributed by atoms with Crippen molar-refractivity contribution in [2.45, 2.75) is 30.7 Å². The van der Waals surface area contributed by atoms with Crippen LogP contribution in [0.25, 0.3) is 21.5 Å². The number of carbonyl (C=O) groups is 1. The van der Waals surface area contributed by atoms with E-state index in [0.717, 1.165) is 45.1 Å². The smallest absolute Gasteiger partial charge is 0.274 e. The summed E-state index contributed by atoms with van der Waals surface area (Å²) in [7, 11) is 0. The first kappa shape index (κ1) is 21.8. The molecule has 5 nitrogen and oxygen atoms in total. The summed E-state index contributed by atoms with van der Waals surface area (Å²) in [5.74, 6) is 0.714. The molecule has 0 saturated carbocycles. The molecule has 1 unspecified atom stereocenters. The van der Waals surface area contributed by atoms with Crippen LogP contribution in [0.2, 0.25) is 10.0 Å². The number of halogens is 2. The molecule has 1 saturated heterocycles. The van der Waals surface area contributed by atoms with Crippen molar-refractivity contribution < 1.29 is 4.79 Å². The molecule has 1 N–H and O–H groups in total. The topological polar surface area (TPSA) is 61.9 Å². The molecule has 2 aromatic carbocycles. The minimum Gasteiger partial charge on any atom is -0.340 e. The van der Waals surface area contributed by atoms with Crippen molar-refractivity contribution in [1.29, 1.82) is 0 Å². The van der Waals surface area contributed by atoms with Gasteiger partial charge in [-0.1, -0.05) is 35.3 Å². The van der Waals surface area contributed by atoms with Crippen molar-refractivity contribution in [2.75, 3.05) is 12.8 Å². The van der Waals surface area contributed by atoms with E-state index in [4.69, 9.17) is 28.2 Å². The van der Waals surface area contributed by atoms with Crippen LogP contribution in [0.5, 0.6) is 0 Å². The SMILES string of the molecule is CSc1ccc2nc(C3CCCN3C(=O)c3nc(C)sc3-c3cccc(Cl)c3Cl)[nH]c2c1. The van der Waals surface area contributed by atoms with Gasteiger partial charge >= 0.3 is 0 Å². The maximum atomic E-state index is 13.7. The van der Waals surface area contributed by atoms with Crippen molar-refractivity contribution in [3.05, 3.63) is 63.0 Å². The lowest BCUT2D eigenvalue weighted by Gasteiger charge is -2.23. The first-order valence-corrected chi connectivity index (χ1v) is 13.0. The Morgan fingerprint density at radius 2 is 2.09 bits per heavy atom. The molecule has 9 heteroatoms. The largest absolute Gasteiger partial charge is 0.340 e. The zero-order valence-electron chi connectivity index (χ0n) is 17.5. The summed E-state index contributed by atoms with van der Waals surface area (Å²) >= 11 is 15.9. The minimum absolute atomic E-state index is 0.104. The predicted molar refractivity (Wildman–Crippen MR) is 133 cm³/mol. The summed E-state index contributed by atoms with van der Waals surface area (Å²) in [5, 5.41) is 1.70. The van der Waals surface area contributed by atoms with Gasteiger partial charge in [-0.3, -0.25) is 4.79 Å².